The van der Waals surface area contributed by atoms with Gasteiger partial charge in [-0.15, -0.1) is 0 Å². The minimum Gasteiger partial charge on any atom is -0.478 e. The zero-order valence-electron chi connectivity index (χ0n) is 8.88. The van der Waals surface area contributed by atoms with Crippen molar-refractivity contribution in [2.45, 2.75) is 0 Å². The number of pyridine rings is 1. The zero-order chi connectivity index (χ0) is 13.1. The smallest absolute Gasteiger partial charge is 0.337 e. The van der Waals surface area contributed by atoms with Crippen molar-refractivity contribution in [3.05, 3.63) is 47.0 Å². The molecule has 0 bridgehead atoms. The Labute approximate surface area is 106 Å². The molecule has 2 heterocycles. The van der Waals surface area contributed by atoms with Crippen molar-refractivity contribution in [3.8, 4) is 0 Å². The normalized spacial score (nSPS) is 10.1. The van der Waals surface area contributed by atoms with E-state index in [1.807, 2.05) is 0 Å². The number of halogens is 1. The fraction of sp³-hybridized carbons (Fsp3) is 0. The van der Waals surface area contributed by atoms with Gasteiger partial charge in [0, 0.05) is 6.20 Å². The number of aromatic carboxylic acids is 1. The van der Waals surface area contributed by atoms with Gasteiger partial charge in [0.15, 0.2) is 0 Å². The molecule has 2 N–H and O–H groups in total. The lowest BCUT2D eigenvalue weighted by molar-refractivity contribution is 0.0696. The fourth-order valence-electron chi connectivity index (χ4n) is 1.23. The molecule has 0 fully saturated rings. The minimum atomic E-state index is -1.08. The monoisotopic (exact) mass is 266 g/mol. The Morgan fingerprint density at radius 2 is 2.11 bits per heavy atom. The van der Waals surface area contributed by atoms with Crippen LogP contribution in [-0.2, 0) is 0 Å². The van der Waals surface area contributed by atoms with Crippen LogP contribution in [0.25, 0.3) is 0 Å². The Hall–Kier alpha value is -2.34. The van der Waals surface area contributed by atoms with E-state index in [1.54, 1.807) is 0 Å². The van der Waals surface area contributed by atoms with E-state index in [0.717, 1.165) is 6.20 Å². The molecule has 0 unspecified atom stereocenters. The van der Waals surface area contributed by atoms with Crippen LogP contribution < -0.4 is 5.32 Å². The Kier molecular flexibility index (Phi) is 3.29. The molecule has 0 atom stereocenters. The summed E-state index contributed by atoms with van der Waals surface area (Å²) in [5.41, 5.74) is 0.218. The molecule has 0 saturated carbocycles. The first-order valence-electron chi connectivity index (χ1n) is 4.81. The molecule has 0 spiro atoms. The molecule has 7 heteroatoms. The standard InChI is InChI=1S/C11H7ClN2O4/c12-9-7(3-4-18-9)10(15)14-8-2-1-6(5-13-8)11(16)17/h1-5H,(H,16,17)(H,13,14,15). The van der Waals surface area contributed by atoms with Gasteiger partial charge >= 0.3 is 5.97 Å². The SMILES string of the molecule is O=C(O)c1ccc(NC(=O)c2ccoc2Cl)nc1. The number of rotatable bonds is 3. The van der Waals surface area contributed by atoms with E-state index in [1.165, 1.54) is 24.5 Å². The number of carboxylic acids is 1. The number of nitrogens with zero attached hydrogens (tertiary/aromatic N) is 1. The van der Waals surface area contributed by atoms with E-state index in [2.05, 4.69) is 10.3 Å². The molecule has 0 aromatic carbocycles. The van der Waals surface area contributed by atoms with Crippen molar-refractivity contribution in [3.63, 3.8) is 0 Å². The molecular formula is C11H7ClN2O4. The summed E-state index contributed by atoms with van der Waals surface area (Å²) in [6, 6.07) is 4.14. The first-order chi connectivity index (χ1) is 8.58. The minimum absolute atomic E-state index is 0.0188. The lowest BCUT2D eigenvalue weighted by Gasteiger charge is -2.02. The first-order valence-corrected chi connectivity index (χ1v) is 5.19. The lowest BCUT2D eigenvalue weighted by Crippen LogP contribution is -2.12. The number of hydrogen-bond donors (Lipinski definition) is 2. The molecule has 2 rings (SSSR count). The number of carbonyl (C=O) groups excluding carboxylic acids is 1. The van der Waals surface area contributed by atoms with E-state index in [0.29, 0.717) is 0 Å². The number of amides is 1. The molecule has 2 aromatic rings. The molecule has 1 amide bonds. The number of nitrogens with one attached hydrogen (secondary N) is 1. The maximum atomic E-state index is 11.7. The van der Waals surface area contributed by atoms with Gasteiger partial charge in [-0.25, -0.2) is 9.78 Å². The van der Waals surface area contributed by atoms with Gasteiger partial charge < -0.3 is 14.8 Å². The maximum absolute atomic E-state index is 11.7. The highest BCUT2D eigenvalue weighted by Crippen LogP contribution is 2.17. The van der Waals surface area contributed by atoms with Crippen molar-refractivity contribution < 1.29 is 19.1 Å². The zero-order valence-corrected chi connectivity index (χ0v) is 9.64. The highest BCUT2D eigenvalue weighted by atomic mass is 35.5. The molecule has 0 saturated heterocycles. The van der Waals surface area contributed by atoms with Gasteiger partial charge in [0.05, 0.1) is 17.4 Å². The maximum Gasteiger partial charge on any atom is 0.337 e. The van der Waals surface area contributed by atoms with Gasteiger partial charge in [-0.05, 0) is 29.8 Å². The second-order valence-corrected chi connectivity index (χ2v) is 3.64. The number of furan rings is 1. The van der Waals surface area contributed by atoms with E-state index in [-0.39, 0.29) is 22.2 Å². The lowest BCUT2D eigenvalue weighted by atomic mass is 10.3. The number of anilines is 1. The third kappa shape index (κ3) is 2.49. The van der Waals surface area contributed by atoms with Crippen molar-refractivity contribution >= 4 is 29.3 Å². The molecular weight excluding hydrogens is 260 g/mol. The molecule has 18 heavy (non-hydrogen) atoms. The van der Waals surface area contributed by atoms with E-state index < -0.39 is 11.9 Å². The summed E-state index contributed by atoms with van der Waals surface area (Å²) in [6.45, 7) is 0. The predicted molar refractivity (Wildman–Crippen MR) is 62.9 cm³/mol. The highest BCUT2D eigenvalue weighted by molar-refractivity contribution is 6.32. The van der Waals surface area contributed by atoms with E-state index in [9.17, 15) is 9.59 Å². The van der Waals surface area contributed by atoms with E-state index >= 15 is 0 Å². The van der Waals surface area contributed by atoms with Gasteiger partial charge in [0.2, 0.25) is 5.22 Å². The molecule has 92 valence electrons. The van der Waals surface area contributed by atoms with E-state index in [4.69, 9.17) is 21.1 Å². The second-order valence-electron chi connectivity index (χ2n) is 3.30. The third-order valence-electron chi connectivity index (χ3n) is 2.11. The van der Waals surface area contributed by atoms with Crippen molar-refractivity contribution in [1.82, 2.24) is 4.98 Å². The summed E-state index contributed by atoms with van der Waals surface area (Å²) < 4.78 is 4.78. The Bertz CT molecular complexity index is 591. The van der Waals surface area contributed by atoms with Crippen LogP contribution in [0.5, 0.6) is 0 Å². The van der Waals surface area contributed by atoms with Crippen LogP contribution in [0.2, 0.25) is 5.22 Å². The first kappa shape index (κ1) is 12.1. The van der Waals surface area contributed by atoms with Crippen molar-refractivity contribution in [2.24, 2.45) is 0 Å². The molecule has 0 radical (unpaired) electrons. The second kappa shape index (κ2) is 4.89. The Morgan fingerprint density at radius 3 is 2.61 bits per heavy atom. The highest BCUT2D eigenvalue weighted by Gasteiger charge is 2.13. The van der Waals surface area contributed by atoms with Crippen molar-refractivity contribution in [2.75, 3.05) is 5.32 Å². The summed E-state index contributed by atoms with van der Waals surface area (Å²) >= 11 is 5.64. The molecule has 0 aliphatic rings. The Balaban J connectivity index is 2.13. The summed E-state index contributed by atoms with van der Waals surface area (Å²) in [7, 11) is 0. The van der Waals surface area contributed by atoms with Gasteiger partial charge in [-0.1, -0.05) is 0 Å². The third-order valence-corrected chi connectivity index (χ3v) is 2.41. The van der Waals surface area contributed by atoms with Crippen LogP contribution in [0.3, 0.4) is 0 Å². The fourth-order valence-corrected chi connectivity index (χ4v) is 1.43. The summed E-state index contributed by atoms with van der Waals surface area (Å²) in [6.07, 6.45) is 2.44. The summed E-state index contributed by atoms with van der Waals surface area (Å²) in [5, 5.41) is 11.1. The van der Waals surface area contributed by atoms with Gasteiger partial charge in [0.1, 0.15) is 5.82 Å². The number of carboxylic acid groups (broad SMARTS) is 1. The van der Waals surface area contributed by atoms with Gasteiger partial charge in [0.25, 0.3) is 5.91 Å². The molecule has 0 aliphatic heterocycles. The quantitative estimate of drug-likeness (QED) is 0.889. The molecule has 6 nitrogen and oxygen atoms in total. The van der Waals surface area contributed by atoms with Gasteiger partial charge in [-0.3, -0.25) is 4.79 Å². The number of carbonyl (C=O) groups is 2. The Morgan fingerprint density at radius 1 is 1.33 bits per heavy atom. The molecule has 0 aliphatic carbocycles. The van der Waals surface area contributed by atoms with Crippen LogP contribution in [0.4, 0.5) is 5.82 Å². The van der Waals surface area contributed by atoms with Crippen LogP contribution in [0, 0.1) is 0 Å². The summed E-state index contributed by atoms with van der Waals surface area (Å²) in [4.78, 5) is 26.1. The number of hydrogen-bond acceptors (Lipinski definition) is 4. The molecule has 2 aromatic heterocycles. The van der Waals surface area contributed by atoms with Crippen LogP contribution in [-0.4, -0.2) is 22.0 Å². The largest absolute Gasteiger partial charge is 0.478 e. The average Bonchev–Trinajstić information content (AvgIpc) is 2.76. The average molecular weight is 267 g/mol. The topological polar surface area (TPSA) is 92.4 Å². The predicted octanol–water partition coefficient (Wildman–Crippen LogP) is 2.28. The van der Waals surface area contributed by atoms with Crippen LogP contribution in [0.15, 0.2) is 35.1 Å². The number of aromatic nitrogens is 1. The van der Waals surface area contributed by atoms with Crippen molar-refractivity contribution in [1.29, 1.82) is 0 Å². The van der Waals surface area contributed by atoms with Gasteiger partial charge in [-0.2, -0.15) is 0 Å². The van der Waals surface area contributed by atoms with Crippen LogP contribution in [0.1, 0.15) is 20.7 Å². The van der Waals surface area contributed by atoms with Crippen LogP contribution >= 0.6 is 11.6 Å². The summed E-state index contributed by atoms with van der Waals surface area (Å²) in [5.74, 6) is -1.34.